The summed E-state index contributed by atoms with van der Waals surface area (Å²) in [6.07, 6.45) is 13.2. The molecule has 236 valence electrons. The number of nitrogens with zero attached hydrogens (tertiary/aromatic N) is 2. The number of hydrogen-bond donors (Lipinski definition) is 0. The molecule has 4 rings (SSSR count). The zero-order valence-corrected chi connectivity index (χ0v) is 27.7. The van der Waals surface area contributed by atoms with Gasteiger partial charge in [0.15, 0.2) is 0 Å². The molecule has 2 heterocycles. The van der Waals surface area contributed by atoms with Crippen LogP contribution in [0.5, 0.6) is 0 Å². The van der Waals surface area contributed by atoms with E-state index in [0.29, 0.717) is 26.1 Å². The molecule has 0 N–H and O–H groups in total. The largest absolute Gasteiger partial charge is 0.466 e. The van der Waals surface area contributed by atoms with Crippen molar-refractivity contribution in [2.45, 2.75) is 90.5 Å². The minimum atomic E-state index is -0.287. The van der Waals surface area contributed by atoms with Gasteiger partial charge in [0.25, 0.3) is 0 Å². The molecule has 2 aliphatic rings. The van der Waals surface area contributed by atoms with E-state index in [1.165, 1.54) is 28.2 Å². The van der Waals surface area contributed by atoms with Crippen LogP contribution in [0.1, 0.15) is 85.3 Å². The summed E-state index contributed by atoms with van der Waals surface area (Å²) in [6, 6.07) is 17.2. The number of fused-ring (bicyclic) bond motifs is 2. The van der Waals surface area contributed by atoms with Gasteiger partial charge in [-0.15, -0.1) is 0 Å². The van der Waals surface area contributed by atoms with E-state index in [-0.39, 0.29) is 28.3 Å². The van der Waals surface area contributed by atoms with Crippen LogP contribution in [0.4, 0.5) is 11.4 Å². The number of allylic oxidation sites excluding steroid dienone is 5. The van der Waals surface area contributed by atoms with Crippen molar-refractivity contribution < 1.29 is 19.1 Å². The summed E-state index contributed by atoms with van der Waals surface area (Å²) in [5.41, 5.74) is 5.67. The number of benzene rings is 2. The summed E-state index contributed by atoms with van der Waals surface area (Å²) in [7, 11) is 0. The number of esters is 2. The lowest BCUT2D eigenvalue weighted by Gasteiger charge is -2.43. The normalized spacial score (nSPS) is 20.8. The van der Waals surface area contributed by atoms with E-state index < -0.39 is 0 Å². The van der Waals surface area contributed by atoms with Gasteiger partial charge >= 0.3 is 11.9 Å². The Morgan fingerprint density at radius 1 is 0.727 bits per heavy atom. The number of carbonyl (C=O) groups is 2. The molecule has 0 bridgehead atoms. The van der Waals surface area contributed by atoms with Crippen molar-refractivity contribution >= 4 is 23.3 Å². The summed E-state index contributed by atoms with van der Waals surface area (Å²) in [5.74, 6) is -0.283. The predicted molar refractivity (Wildman–Crippen MR) is 180 cm³/mol. The van der Waals surface area contributed by atoms with Crippen molar-refractivity contribution in [2.24, 2.45) is 0 Å². The van der Waals surface area contributed by atoms with Crippen molar-refractivity contribution in [2.75, 3.05) is 36.1 Å². The van der Waals surface area contributed by atoms with Crippen molar-refractivity contribution in [3.8, 4) is 0 Å². The van der Waals surface area contributed by atoms with Crippen LogP contribution in [0.2, 0.25) is 0 Å². The maximum absolute atomic E-state index is 12.1. The average molecular weight is 599 g/mol. The molecule has 6 heteroatoms. The number of para-hydroxylation sites is 2. The Kier molecular flexibility index (Phi) is 10.4. The molecule has 1 atom stereocenters. The van der Waals surface area contributed by atoms with E-state index in [9.17, 15) is 9.59 Å². The first-order valence-corrected chi connectivity index (χ1v) is 16.1. The van der Waals surface area contributed by atoms with Gasteiger partial charge in [-0.05, 0) is 62.9 Å². The van der Waals surface area contributed by atoms with Gasteiger partial charge in [-0.3, -0.25) is 9.59 Å². The smallest absolute Gasteiger partial charge is 0.305 e. The lowest BCUT2D eigenvalue weighted by atomic mass is 9.71. The Balaban J connectivity index is 1.56. The fourth-order valence-electron chi connectivity index (χ4n) is 6.81. The molecule has 2 aromatic rings. The number of ether oxygens (including phenoxy) is 2. The first-order chi connectivity index (χ1) is 21.0. The van der Waals surface area contributed by atoms with Crippen molar-refractivity contribution in [3.05, 3.63) is 95.7 Å². The Labute approximate surface area is 264 Å². The Bertz CT molecular complexity index is 1420. The Morgan fingerprint density at radius 3 is 1.93 bits per heavy atom. The second kappa shape index (κ2) is 13.9. The van der Waals surface area contributed by atoms with E-state index in [2.05, 4.69) is 123 Å². The van der Waals surface area contributed by atoms with Gasteiger partial charge in [0.05, 0.1) is 18.8 Å². The summed E-state index contributed by atoms with van der Waals surface area (Å²) in [6.45, 7) is 17.5. The molecular weight excluding hydrogens is 548 g/mol. The highest BCUT2D eigenvalue weighted by Gasteiger charge is 2.51. The highest BCUT2D eigenvalue weighted by atomic mass is 16.5. The zero-order valence-electron chi connectivity index (χ0n) is 27.7. The van der Waals surface area contributed by atoms with Crippen molar-refractivity contribution in [3.63, 3.8) is 0 Å². The lowest BCUT2D eigenvalue weighted by molar-refractivity contribution is -0.144. The van der Waals surface area contributed by atoms with Gasteiger partial charge in [-0.2, -0.15) is 0 Å². The van der Waals surface area contributed by atoms with Gasteiger partial charge in [0, 0.05) is 53.8 Å². The molecule has 1 unspecified atom stereocenters. The minimum absolute atomic E-state index is 0.138. The zero-order chi connectivity index (χ0) is 32.0. The molecule has 2 aliphatic heterocycles. The van der Waals surface area contributed by atoms with E-state index in [4.69, 9.17) is 9.47 Å². The van der Waals surface area contributed by atoms with E-state index in [0.717, 1.165) is 25.9 Å². The molecule has 0 amide bonds. The number of rotatable bonds is 13. The third-order valence-electron chi connectivity index (χ3n) is 9.53. The van der Waals surface area contributed by atoms with E-state index in [1.54, 1.807) is 0 Å². The molecule has 44 heavy (non-hydrogen) atoms. The van der Waals surface area contributed by atoms with Crippen LogP contribution in [0, 0.1) is 0 Å². The van der Waals surface area contributed by atoms with E-state index in [1.807, 2.05) is 13.8 Å². The minimum Gasteiger partial charge on any atom is -0.466 e. The van der Waals surface area contributed by atoms with Crippen molar-refractivity contribution in [1.82, 2.24) is 0 Å². The molecule has 6 nitrogen and oxygen atoms in total. The third kappa shape index (κ3) is 6.50. The van der Waals surface area contributed by atoms with Gasteiger partial charge < -0.3 is 19.3 Å². The molecular formula is C38H50N2O4. The van der Waals surface area contributed by atoms with Crippen molar-refractivity contribution in [1.29, 1.82) is 0 Å². The topological polar surface area (TPSA) is 59.1 Å². The van der Waals surface area contributed by atoms with Crippen LogP contribution in [-0.2, 0) is 29.9 Å². The monoisotopic (exact) mass is 598 g/mol. The Morgan fingerprint density at radius 2 is 1.30 bits per heavy atom. The highest BCUT2D eigenvalue weighted by Crippen LogP contribution is 2.52. The van der Waals surface area contributed by atoms with Crippen LogP contribution >= 0.6 is 0 Å². The molecule has 0 aliphatic carbocycles. The first-order valence-electron chi connectivity index (χ1n) is 16.1. The average Bonchev–Trinajstić information content (AvgIpc) is 3.30. The maximum Gasteiger partial charge on any atom is 0.305 e. The number of hydrogen-bond acceptors (Lipinski definition) is 6. The van der Waals surface area contributed by atoms with Crippen LogP contribution in [0.3, 0.4) is 0 Å². The molecule has 0 saturated heterocycles. The molecule has 0 radical (unpaired) electrons. The maximum atomic E-state index is 12.1. The molecule has 0 spiro atoms. The second-order valence-electron chi connectivity index (χ2n) is 12.8. The molecule has 0 aromatic heterocycles. The summed E-state index contributed by atoms with van der Waals surface area (Å²) >= 11 is 0. The standard InChI is InChI=1S/C38H50N2O4/c1-8-43-34(41)24-17-27-39-31-21-14-12-19-29(31)36(3,4)33(39)23-11-10-16-26-38(7)37(5,6)30-20-13-15-22-32(30)40(38)28-18-25-35(42)44-9-2/h10-16,19-23,26H,8-9,17-18,24-25,27-28H2,1-7H3/b11-10+,26-16+,33-23+. The number of anilines is 2. The summed E-state index contributed by atoms with van der Waals surface area (Å²) in [5, 5.41) is 0. The van der Waals surface area contributed by atoms with Gasteiger partial charge in [0.2, 0.25) is 0 Å². The number of carbonyl (C=O) groups excluding carboxylic acids is 2. The third-order valence-corrected chi connectivity index (χ3v) is 9.53. The fraction of sp³-hybridized carbons (Fsp3) is 0.474. The SMILES string of the molecule is CCOC(=O)CCCN1/C(=C/C=C/C=C/C2(C)N(CCCC(=O)OCC)c3ccccc3C2(C)C)C(C)(C)c2ccccc21. The highest BCUT2D eigenvalue weighted by molar-refractivity contribution is 5.72. The first kappa shape index (κ1) is 33.1. The van der Waals surface area contributed by atoms with Crippen LogP contribution in [-0.4, -0.2) is 43.8 Å². The second-order valence-corrected chi connectivity index (χ2v) is 12.8. The lowest BCUT2D eigenvalue weighted by Crippen LogP contribution is -2.52. The predicted octanol–water partition coefficient (Wildman–Crippen LogP) is 8.02. The van der Waals surface area contributed by atoms with Gasteiger partial charge in [0.1, 0.15) is 0 Å². The molecule has 0 saturated carbocycles. The van der Waals surface area contributed by atoms with E-state index >= 15 is 0 Å². The summed E-state index contributed by atoms with van der Waals surface area (Å²) < 4.78 is 10.3. The quantitative estimate of drug-likeness (QED) is 0.172. The van der Waals surface area contributed by atoms with Crippen LogP contribution < -0.4 is 9.80 Å². The van der Waals surface area contributed by atoms with Gasteiger partial charge in [-0.1, -0.05) is 88.4 Å². The molecule has 2 aromatic carbocycles. The fourth-order valence-corrected chi connectivity index (χ4v) is 6.81. The van der Waals surface area contributed by atoms with Crippen LogP contribution in [0.15, 0.2) is 84.6 Å². The van der Waals surface area contributed by atoms with Gasteiger partial charge in [-0.25, -0.2) is 0 Å². The Hall–Kier alpha value is -3.80. The molecule has 0 fully saturated rings. The van der Waals surface area contributed by atoms with Crippen LogP contribution in [0.25, 0.3) is 0 Å². The summed E-state index contributed by atoms with van der Waals surface area (Å²) in [4.78, 5) is 28.9.